The van der Waals surface area contributed by atoms with Gasteiger partial charge in [0.2, 0.25) is 5.95 Å². The number of hydrogen-bond acceptors (Lipinski definition) is 8. The maximum Gasteiger partial charge on any atom is 0.223 e. The Hall–Kier alpha value is -1.93. The van der Waals surface area contributed by atoms with Gasteiger partial charge in [0.15, 0.2) is 6.29 Å². The van der Waals surface area contributed by atoms with E-state index in [1.54, 1.807) is 0 Å². The zero-order chi connectivity index (χ0) is 16.4. The molecule has 0 bridgehead atoms. The van der Waals surface area contributed by atoms with Gasteiger partial charge in [0.05, 0.1) is 5.56 Å². The number of hydrogen-bond donors (Lipinski definition) is 1. The van der Waals surface area contributed by atoms with Gasteiger partial charge < -0.3 is 25.3 Å². The summed E-state index contributed by atoms with van der Waals surface area (Å²) in [6, 6.07) is 0. The highest BCUT2D eigenvalue weighted by Crippen LogP contribution is 2.28. The summed E-state index contributed by atoms with van der Waals surface area (Å²) in [4.78, 5) is 29.3. The number of nitrogen functional groups attached to an aromatic ring is 1. The third-order valence-electron chi connectivity index (χ3n) is 4.65. The Labute approximate surface area is 136 Å². The van der Waals surface area contributed by atoms with E-state index in [-0.39, 0.29) is 5.95 Å². The van der Waals surface area contributed by atoms with E-state index in [9.17, 15) is 4.79 Å². The largest absolute Gasteiger partial charge is 0.368 e. The van der Waals surface area contributed by atoms with Crippen LogP contribution in [0.3, 0.4) is 0 Å². The summed E-state index contributed by atoms with van der Waals surface area (Å²) in [5, 5.41) is 0. The summed E-state index contributed by atoms with van der Waals surface area (Å²) in [5.41, 5.74) is 6.50. The fourth-order valence-electron chi connectivity index (χ4n) is 3.09. The Morgan fingerprint density at radius 1 is 0.826 bits per heavy atom. The number of aromatic nitrogens is 2. The van der Waals surface area contributed by atoms with Crippen LogP contribution in [-0.4, -0.2) is 92.5 Å². The van der Waals surface area contributed by atoms with E-state index in [1.165, 1.54) is 0 Å². The van der Waals surface area contributed by atoms with E-state index in [0.29, 0.717) is 17.2 Å². The zero-order valence-electron chi connectivity index (χ0n) is 13.9. The highest BCUT2D eigenvalue weighted by molar-refractivity contribution is 5.90. The van der Waals surface area contributed by atoms with Crippen LogP contribution in [0.2, 0.25) is 0 Å². The maximum absolute atomic E-state index is 11.8. The number of rotatable bonds is 3. The van der Waals surface area contributed by atoms with Gasteiger partial charge in [-0.15, -0.1) is 0 Å². The zero-order valence-corrected chi connectivity index (χ0v) is 13.9. The molecule has 2 N–H and O–H groups in total. The molecule has 3 heterocycles. The quantitative estimate of drug-likeness (QED) is 0.738. The van der Waals surface area contributed by atoms with Crippen molar-refractivity contribution in [1.82, 2.24) is 19.8 Å². The smallest absolute Gasteiger partial charge is 0.223 e. The number of piperazine rings is 2. The molecule has 0 unspecified atom stereocenters. The number of likely N-dealkylation sites (N-methyl/N-ethyl adjacent to an activating group) is 2. The van der Waals surface area contributed by atoms with Gasteiger partial charge in [-0.05, 0) is 14.1 Å². The molecule has 2 aliphatic heterocycles. The molecule has 0 saturated carbocycles. The molecule has 126 valence electrons. The Balaban J connectivity index is 1.92. The number of anilines is 3. The molecule has 1 aromatic heterocycles. The lowest BCUT2D eigenvalue weighted by Gasteiger charge is -2.36. The SMILES string of the molecule is CN1CCN(c2nc(N)nc(N3CCN(C)CC3)c2C=O)CC1. The van der Waals surface area contributed by atoms with Crippen molar-refractivity contribution in [1.29, 1.82) is 0 Å². The average molecular weight is 319 g/mol. The Morgan fingerprint density at radius 2 is 1.22 bits per heavy atom. The number of nitrogens with zero attached hydrogens (tertiary/aromatic N) is 6. The summed E-state index contributed by atoms with van der Waals surface area (Å²) in [6.45, 7) is 7.17. The van der Waals surface area contributed by atoms with Crippen LogP contribution in [0.25, 0.3) is 0 Å². The van der Waals surface area contributed by atoms with E-state index in [1.807, 2.05) is 0 Å². The van der Waals surface area contributed by atoms with Crippen LogP contribution in [0.4, 0.5) is 17.6 Å². The minimum atomic E-state index is 0.235. The maximum atomic E-state index is 11.8. The number of carbonyl (C=O) groups is 1. The van der Waals surface area contributed by atoms with Crippen molar-refractivity contribution < 1.29 is 4.79 Å². The molecule has 2 saturated heterocycles. The first kappa shape index (κ1) is 15.9. The van der Waals surface area contributed by atoms with Crippen molar-refractivity contribution >= 4 is 23.9 Å². The molecule has 0 radical (unpaired) electrons. The molecule has 8 nitrogen and oxygen atoms in total. The van der Waals surface area contributed by atoms with Crippen molar-refractivity contribution in [2.75, 3.05) is 82.0 Å². The van der Waals surface area contributed by atoms with Crippen LogP contribution in [0.5, 0.6) is 0 Å². The number of nitrogens with two attached hydrogens (primary N) is 1. The molecule has 1 aromatic rings. The van der Waals surface area contributed by atoms with Crippen molar-refractivity contribution in [3.63, 3.8) is 0 Å². The second-order valence-electron chi connectivity index (χ2n) is 6.34. The third kappa shape index (κ3) is 3.37. The fourth-order valence-corrected chi connectivity index (χ4v) is 3.09. The first-order valence-electron chi connectivity index (χ1n) is 8.08. The lowest BCUT2D eigenvalue weighted by Crippen LogP contribution is -2.47. The third-order valence-corrected chi connectivity index (χ3v) is 4.65. The molecule has 0 atom stereocenters. The van der Waals surface area contributed by atoms with Crippen molar-refractivity contribution in [3.05, 3.63) is 5.56 Å². The van der Waals surface area contributed by atoms with Gasteiger partial charge in [0.25, 0.3) is 0 Å². The van der Waals surface area contributed by atoms with Crippen LogP contribution in [0.15, 0.2) is 0 Å². The van der Waals surface area contributed by atoms with E-state index in [2.05, 4.69) is 43.7 Å². The summed E-state index contributed by atoms with van der Waals surface area (Å²) >= 11 is 0. The molecular formula is C15H25N7O. The predicted octanol–water partition coefficient (Wildman–Crippen LogP) is -0.625. The van der Waals surface area contributed by atoms with Crippen LogP contribution in [0.1, 0.15) is 10.4 Å². The van der Waals surface area contributed by atoms with Gasteiger partial charge in [-0.2, -0.15) is 9.97 Å². The highest BCUT2D eigenvalue weighted by atomic mass is 16.1. The second kappa shape index (κ2) is 6.67. The second-order valence-corrected chi connectivity index (χ2v) is 6.34. The van der Waals surface area contributed by atoms with Crippen molar-refractivity contribution in [2.45, 2.75) is 0 Å². The Morgan fingerprint density at radius 3 is 1.57 bits per heavy atom. The number of aldehydes is 1. The van der Waals surface area contributed by atoms with Gasteiger partial charge >= 0.3 is 0 Å². The summed E-state index contributed by atoms with van der Waals surface area (Å²) in [7, 11) is 4.20. The minimum Gasteiger partial charge on any atom is -0.368 e. The standard InChI is InChI=1S/C15H25N7O/c1-19-3-7-21(8-4-19)13-12(11-23)14(18-15(16)17-13)22-9-5-20(2)6-10-22/h11H,3-10H2,1-2H3,(H2,16,17,18). The van der Waals surface area contributed by atoms with Gasteiger partial charge in [-0.3, -0.25) is 4.79 Å². The lowest BCUT2D eigenvalue weighted by atomic mass is 10.2. The Bertz CT molecular complexity index is 520. The molecule has 0 amide bonds. The molecule has 2 aliphatic rings. The summed E-state index contributed by atoms with van der Waals surface area (Å²) < 4.78 is 0. The normalized spacial score (nSPS) is 20.8. The van der Waals surface area contributed by atoms with Crippen LogP contribution >= 0.6 is 0 Å². The van der Waals surface area contributed by atoms with Crippen LogP contribution in [-0.2, 0) is 0 Å². The molecule has 0 spiro atoms. The molecule has 0 aromatic carbocycles. The molecule has 0 aliphatic carbocycles. The van der Waals surface area contributed by atoms with E-state index < -0.39 is 0 Å². The monoisotopic (exact) mass is 319 g/mol. The lowest BCUT2D eigenvalue weighted by molar-refractivity contribution is 0.112. The predicted molar refractivity (Wildman–Crippen MR) is 91.3 cm³/mol. The molecule has 3 rings (SSSR count). The van der Waals surface area contributed by atoms with Gasteiger partial charge in [-0.1, -0.05) is 0 Å². The fraction of sp³-hybridized carbons (Fsp3) is 0.667. The van der Waals surface area contributed by atoms with Crippen molar-refractivity contribution in [2.24, 2.45) is 0 Å². The van der Waals surface area contributed by atoms with Crippen molar-refractivity contribution in [3.8, 4) is 0 Å². The van der Waals surface area contributed by atoms with Gasteiger partial charge in [-0.25, -0.2) is 0 Å². The highest BCUT2D eigenvalue weighted by Gasteiger charge is 2.25. The van der Waals surface area contributed by atoms with E-state index in [0.717, 1.165) is 58.6 Å². The first-order chi connectivity index (χ1) is 11.1. The van der Waals surface area contributed by atoms with Crippen LogP contribution in [0, 0.1) is 0 Å². The summed E-state index contributed by atoms with van der Waals surface area (Å²) in [5.74, 6) is 1.59. The molecule has 23 heavy (non-hydrogen) atoms. The van der Waals surface area contributed by atoms with E-state index >= 15 is 0 Å². The van der Waals surface area contributed by atoms with Crippen LogP contribution < -0.4 is 15.5 Å². The molecular weight excluding hydrogens is 294 g/mol. The topological polar surface area (TPSA) is 81.8 Å². The Kier molecular flexibility index (Phi) is 4.63. The van der Waals surface area contributed by atoms with Gasteiger partial charge in [0.1, 0.15) is 11.6 Å². The first-order valence-corrected chi connectivity index (χ1v) is 8.08. The molecule has 2 fully saturated rings. The summed E-state index contributed by atoms with van der Waals surface area (Å²) in [6.07, 6.45) is 0.876. The number of carbonyl (C=O) groups excluding carboxylic acids is 1. The van der Waals surface area contributed by atoms with E-state index in [4.69, 9.17) is 5.73 Å². The average Bonchev–Trinajstić information content (AvgIpc) is 2.55. The van der Waals surface area contributed by atoms with Gasteiger partial charge in [0, 0.05) is 52.4 Å². The minimum absolute atomic E-state index is 0.235. The molecule has 8 heteroatoms.